The van der Waals surface area contributed by atoms with E-state index in [0.717, 1.165) is 22.6 Å². The van der Waals surface area contributed by atoms with E-state index >= 15 is 0 Å². The minimum Gasteiger partial charge on any atom is -0.383 e. The van der Waals surface area contributed by atoms with Crippen molar-refractivity contribution in [2.24, 2.45) is 0 Å². The molecule has 3 heterocycles. The molecular formula is C14H21N5S. The summed E-state index contributed by atoms with van der Waals surface area (Å²) < 4.78 is 0. The predicted molar refractivity (Wildman–Crippen MR) is 83.8 cm³/mol. The quantitative estimate of drug-likeness (QED) is 0.934. The summed E-state index contributed by atoms with van der Waals surface area (Å²) in [5, 5.41) is 2.99. The van der Waals surface area contributed by atoms with E-state index in [1.165, 1.54) is 25.9 Å². The first-order chi connectivity index (χ1) is 9.63. The monoisotopic (exact) mass is 291 g/mol. The Balaban J connectivity index is 1.72. The van der Waals surface area contributed by atoms with E-state index in [9.17, 15) is 0 Å². The van der Waals surface area contributed by atoms with Gasteiger partial charge in [-0.05, 0) is 51.5 Å². The van der Waals surface area contributed by atoms with Gasteiger partial charge in [-0.15, -0.1) is 11.3 Å². The van der Waals surface area contributed by atoms with Crippen LogP contribution in [0.5, 0.6) is 0 Å². The first-order valence-corrected chi connectivity index (χ1v) is 7.90. The van der Waals surface area contributed by atoms with Crippen molar-refractivity contribution in [2.75, 3.05) is 32.9 Å². The third kappa shape index (κ3) is 2.77. The van der Waals surface area contributed by atoms with Gasteiger partial charge in [-0.25, -0.2) is 9.97 Å². The van der Waals surface area contributed by atoms with Gasteiger partial charge in [0.05, 0.1) is 11.9 Å². The average Bonchev–Trinajstić information content (AvgIpc) is 2.88. The maximum Gasteiger partial charge on any atom is 0.146 e. The summed E-state index contributed by atoms with van der Waals surface area (Å²) in [7, 11) is 4.35. The van der Waals surface area contributed by atoms with E-state index < -0.39 is 0 Å². The van der Waals surface area contributed by atoms with E-state index in [-0.39, 0.29) is 0 Å². The maximum absolute atomic E-state index is 6.00. The van der Waals surface area contributed by atoms with Gasteiger partial charge >= 0.3 is 0 Å². The normalized spacial score (nSPS) is 18.1. The third-order valence-electron chi connectivity index (χ3n) is 4.10. The van der Waals surface area contributed by atoms with Crippen molar-refractivity contribution in [3.63, 3.8) is 0 Å². The van der Waals surface area contributed by atoms with Gasteiger partial charge in [0.2, 0.25) is 0 Å². The Morgan fingerprint density at radius 3 is 2.90 bits per heavy atom. The maximum atomic E-state index is 6.00. The second-order valence-electron chi connectivity index (χ2n) is 5.61. The van der Waals surface area contributed by atoms with E-state index in [2.05, 4.69) is 33.9 Å². The number of fused-ring (bicyclic) bond motifs is 1. The van der Waals surface area contributed by atoms with Crippen molar-refractivity contribution in [3.8, 4) is 0 Å². The van der Waals surface area contributed by atoms with Crippen molar-refractivity contribution in [1.82, 2.24) is 19.8 Å². The van der Waals surface area contributed by atoms with Gasteiger partial charge in [0.1, 0.15) is 16.5 Å². The highest BCUT2D eigenvalue weighted by atomic mass is 32.1. The summed E-state index contributed by atoms with van der Waals surface area (Å²) in [5.41, 5.74) is 6.00. The van der Waals surface area contributed by atoms with Crippen LogP contribution < -0.4 is 5.73 Å². The van der Waals surface area contributed by atoms with Crippen molar-refractivity contribution < 1.29 is 0 Å². The third-order valence-corrected chi connectivity index (χ3v) is 4.91. The number of aromatic nitrogens is 2. The van der Waals surface area contributed by atoms with E-state index in [1.54, 1.807) is 11.3 Å². The molecule has 0 saturated carbocycles. The van der Waals surface area contributed by atoms with Gasteiger partial charge in [-0.2, -0.15) is 0 Å². The SMILES string of the molecule is CN1CCC(N(C)Cc2nc(N)c3ccsc3n2)CC1. The second kappa shape index (κ2) is 5.63. The van der Waals surface area contributed by atoms with Crippen molar-refractivity contribution >= 4 is 27.4 Å². The van der Waals surface area contributed by atoms with E-state index in [0.29, 0.717) is 11.9 Å². The van der Waals surface area contributed by atoms with Crippen LogP contribution in [0.25, 0.3) is 10.2 Å². The fourth-order valence-electron chi connectivity index (χ4n) is 2.78. The molecule has 2 aromatic rings. The van der Waals surface area contributed by atoms with Crippen LogP contribution in [0.1, 0.15) is 18.7 Å². The first kappa shape index (κ1) is 13.7. The molecule has 0 unspecified atom stereocenters. The largest absolute Gasteiger partial charge is 0.383 e. The molecule has 1 aliphatic rings. The van der Waals surface area contributed by atoms with Crippen molar-refractivity contribution in [3.05, 3.63) is 17.3 Å². The summed E-state index contributed by atoms with van der Waals surface area (Å²) in [5.74, 6) is 1.43. The van der Waals surface area contributed by atoms with E-state index in [4.69, 9.17) is 5.73 Å². The molecule has 6 heteroatoms. The number of nitrogen functional groups attached to an aromatic ring is 1. The zero-order valence-corrected chi connectivity index (χ0v) is 12.9. The number of hydrogen-bond acceptors (Lipinski definition) is 6. The zero-order chi connectivity index (χ0) is 14.1. The molecule has 0 radical (unpaired) electrons. The van der Waals surface area contributed by atoms with Crippen molar-refractivity contribution in [2.45, 2.75) is 25.4 Å². The fraction of sp³-hybridized carbons (Fsp3) is 0.571. The molecule has 0 atom stereocenters. The highest BCUT2D eigenvalue weighted by molar-refractivity contribution is 7.16. The van der Waals surface area contributed by atoms with Gasteiger partial charge in [0.25, 0.3) is 0 Å². The molecule has 0 aromatic carbocycles. The van der Waals surface area contributed by atoms with Crippen LogP contribution in [-0.4, -0.2) is 53.0 Å². The van der Waals surface area contributed by atoms with Crippen LogP contribution in [0.15, 0.2) is 11.4 Å². The number of hydrogen-bond donors (Lipinski definition) is 1. The molecule has 108 valence electrons. The molecule has 20 heavy (non-hydrogen) atoms. The molecule has 1 fully saturated rings. The zero-order valence-electron chi connectivity index (χ0n) is 12.0. The summed E-state index contributed by atoms with van der Waals surface area (Å²) in [6, 6.07) is 2.61. The number of nitrogens with zero attached hydrogens (tertiary/aromatic N) is 4. The average molecular weight is 291 g/mol. The molecule has 0 spiro atoms. The number of nitrogens with two attached hydrogens (primary N) is 1. The van der Waals surface area contributed by atoms with Crippen LogP contribution in [0, 0.1) is 0 Å². The lowest BCUT2D eigenvalue weighted by Crippen LogP contribution is -2.41. The van der Waals surface area contributed by atoms with Gasteiger partial charge in [0.15, 0.2) is 0 Å². The minimum atomic E-state index is 0.600. The Kier molecular flexibility index (Phi) is 3.87. The van der Waals surface area contributed by atoms with Crippen LogP contribution >= 0.6 is 11.3 Å². The Hall–Kier alpha value is -1.24. The summed E-state index contributed by atoms with van der Waals surface area (Å²) in [6.07, 6.45) is 2.42. The minimum absolute atomic E-state index is 0.600. The van der Waals surface area contributed by atoms with Gasteiger partial charge in [0, 0.05) is 6.04 Å². The Bertz CT molecular complexity index is 588. The molecule has 5 nitrogen and oxygen atoms in total. The number of thiophene rings is 1. The lowest BCUT2D eigenvalue weighted by molar-refractivity contribution is 0.137. The lowest BCUT2D eigenvalue weighted by atomic mass is 10.0. The van der Waals surface area contributed by atoms with Gasteiger partial charge in [-0.1, -0.05) is 0 Å². The molecule has 1 saturated heterocycles. The van der Waals surface area contributed by atoms with Crippen LogP contribution in [0.4, 0.5) is 5.82 Å². The first-order valence-electron chi connectivity index (χ1n) is 7.02. The molecule has 1 aliphatic heterocycles. The number of likely N-dealkylation sites (tertiary alicyclic amines) is 1. The van der Waals surface area contributed by atoms with Gasteiger partial charge < -0.3 is 10.6 Å². The molecule has 2 N–H and O–H groups in total. The highest BCUT2D eigenvalue weighted by Crippen LogP contribution is 2.23. The molecule has 2 aromatic heterocycles. The second-order valence-corrected chi connectivity index (χ2v) is 6.51. The summed E-state index contributed by atoms with van der Waals surface area (Å²) >= 11 is 1.62. The number of anilines is 1. The summed E-state index contributed by atoms with van der Waals surface area (Å²) in [6.45, 7) is 3.11. The Morgan fingerprint density at radius 1 is 1.40 bits per heavy atom. The molecule has 3 rings (SSSR count). The van der Waals surface area contributed by atoms with Crippen LogP contribution in [0.2, 0.25) is 0 Å². The molecule has 0 aliphatic carbocycles. The number of rotatable bonds is 3. The topological polar surface area (TPSA) is 58.3 Å². The van der Waals surface area contributed by atoms with Crippen LogP contribution in [-0.2, 0) is 6.54 Å². The standard InChI is InChI=1S/C14H21N5S/c1-18-6-3-10(4-7-18)19(2)9-12-16-13(15)11-5-8-20-14(11)17-12/h5,8,10H,3-4,6-7,9H2,1-2H3,(H2,15,16,17). The predicted octanol–water partition coefficient (Wildman–Crippen LogP) is 1.80. The smallest absolute Gasteiger partial charge is 0.146 e. The fourth-order valence-corrected chi connectivity index (χ4v) is 3.57. The highest BCUT2D eigenvalue weighted by Gasteiger charge is 2.21. The van der Waals surface area contributed by atoms with Crippen LogP contribution in [0.3, 0.4) is 0 Å². The molecule has 0 bridgehead atoms. The van der Waals surface area contributed by atoms with Crippen molar-refractivity contribution in [1.29, 1.82) is 0 Å². The van der Waals surface area contributed by atoms with E-state index in [1.807, 2.05) is 11.4 Å². The molecule has 0 amide bonds. The number of piperidine rings is 1. The molecular weight excluding hydrogens is 270 g/mol. The summed E-state index contributed by atoms with van der Waals surface area (Å²) in [4.78, 5) is 14.8. The Labute approximate surface area is 123 Å². The van der Waals surface area contributed by atoms with Gasteiger partial charge in [-0.3, -0.25) is 4.90 Å². The Morgan fingerprint density at radius 2 is 2.15 bits per heavy atom. The lowest BCUT2D eigenvalue weighted by Gasteiger charge is -2.34.